The van der Waals surface area contributed by atoms with Crippen LogP contribution >= 0.6 is 0 Å². The molecule has 1 aliphatic carbocycles. The number of benzene rings is 1. The van der Waals surface area contributed by atoms with E-state index in [9.17, 15) is 4.79 Å². The SMILES string of the molecule is CCCCCC/C=C/C(=O)N1CCC2(CC(n3nc(-c4ccc(Oc5ccccc5)cn4)c4c(N)ncnc43)C2)C1. The molecule has 9 nitrogen and oxygen atoms in total. The van der Waals surface area contributed by atoms with Gasteiger partial charge in [0.15, 0.2) is 5.65 Å². The number of rotatable bonds is 10. The quantitative estimate of drug-likeness (QED) is 0.181. The number of hydrogen-bond donors (Lipinski definition) is 1. The number of unbranched alkanes of at least 4 members (excludes halogenated alkanes) is 4. The minimum absolute atomic E-state index is 0.138. The first-order valence-electron chi connectivity index (χ1n) is 14.7. The van der Waals surface area contributed by atoms with Gasteiger partial charge in [-0.05, 0) is 67.9 Å². The van der Waals surface area contributed by atoms with Gasteiger partial charge in [-0.25, -0.2) is 14.6 Å². The minimum atomic E-state index is 0.138. The maximum Gasteiger partial charge on any atom is 0.246 e. The number of carbonyl (C=O) groups excluding carboxylic acids is 1. The van der Waals surface area contributed by atoms with E-state index in [-0.39, 0.29) is 17.4 Å². The number of para-hydroxylation sites is 1. The van der Waals surface area contributed by atoms with Gasteiger partial charge in [-0.3, -0.25) is 9.78 Å². The third kappa shape index (κ3) is 5.66. The highest BCUT2D eigenvalue weighted by atomic mass is 16.5. The smallest absolute Gasteiger partial charge is 0.246 e. The Morgan fingerprint density at radius 3 is 2.71 bits per heavy atom. The van der Waals surface area contributed by atoms with Crippen molar-refractivity contribution in [1.82, 2.24) is 29.6 Å². The van der Waals surface area contributed by atoms with Crippen LogP contribution in [0.5, 0.6) is 11.5 Å². The van der Waals surface area contributed by atoms with Gasteiger partial charge in [-0.2, -0.15) is 5.10 Å². The Morgan fingerprint density at radius 1 is 1.07 bits per heavy atom. The molecule has 4 aromatic rings. The Bertz CT molecular complexity index is 1530. The summed E-state index contributed by atoms with van der Waals surface area (Å²) in [6.45, 7) is 3.83. The van der Waals surface area contributed by atoms with Crippen LogP contribution in [0, 0.1) is 5.41 Å². The fraction of sp³-hybridized carbons (Fsp3) is 0.406. The van der Waals surface area contributed by atoms with Crippen LogP contribution in [0.4, 0.5) is 5.82 Å². The molecule has 1 aromatic carbocycles. The molecule has 0 atom stereocenters. The van der Waals surface area contributed by atoms with Crippen LogP contribution in [0.3, 0.4) is 0 Å². The van der Waals surface area contributed by atoms with E-state index in [1.165, 1.54) is 25.6 Å². The molecule has 0 radical (unpaired) electrons. The standard InChI is InChI=1S/C32H37N7O2/c1-2-3-4-5-6-10-13-27(40)38-17-16-32(21-38)18-23(19-32)39-31-28(30(33)35-22-36-31)29(37-39)26-15-14-25(20-34-26)41-24-11-8-7-9-12-24/h7-15,20,22-23H,2-6,16-19,21H2,1H3,(H2,33,35,36)/b13-10+. The molecule has 1 saturated carbocycles. The highest BCUT2D eigenvalue weighted by molar-refractivity contribution is 5.97. The van der Waals surface area contributed by atoms with Crippen molar-refractivity contribution in [3.05, 3.63) is 67.1 Å². The van der Waals surface area contributed by atoms with Gasteiger partial charge < -0.3 is 15.4 Å². The number of likely N-dealkylation sites (tertiary alicyclic amines) is 1. The van der Waals surface area contributed by atoms with E-state index in [4.69, 9.17) is 15.6 Å². The zero-order valence-corrected chi connectivity index (χ0v) is 23.6. The molecule has 0 bridgehead atoms. The topological polar surface area (TPSA) is 112 Å². The molecular weight excluding hydrogens is 514 g/mol. The van der Waals surface area contributed by atoms with Crippen molar-refractivity contribution >= 4 is 22.8 Å². The number of anilines is 1. The molecule has 4 heterocycles. The summed E-state index contributed by atoms with van der Waals surface area (Å²) >= 11 is 0. The molecule has 3 aromatic heterocycles. The molecule has 9 heteroatoms. The summed E-state index contributed by atoms with van der Waals surface area (Å²) in [5.74, 6) is 1.91. The first kappa shape index (κ1) is 26.9. The van der Waals surface area contributed by atoms with Crippen LogP contribution in [0.2, 0.25) is 0 Å². The van der Waals surface area contributed by atoms with E-state index < -0.39 is 0 Å². The van der Waals surface area contributed by atoms with Crippen LogP contribution in [0.25, 0.3) is 22.4 Å². The Balaban J connectivity index is 1.14. The average molecular weight is 552 g/mol. The first-order valence-corrected chi connectivity index (χ1v) is 14.7. The summed E-state index contributed by atoms with van der Waals surface area (Å²) in [5, 5.41) is 5.69. The Morgan fingerprint density at radius 2 is 1.93 bits per heavy atom. The molecule has 2 N–H and O–H groups in total. The second kappa shape index (κ2) is 11.7. The molecule has 2 aliphatic rings. The average Bonchev–Trinajstić information content (AvgIpc) is 3.59. The predicted molar refractivity (Wildman–Crippen MR) is 159 cm³/mol. The van der Waals surface area contributed by atoms with Gasteiger partial charge in [0.25, 0.3) is 0 Å². The van der Waals surface area contributed by atoms with Gasteiger partial charge in [0, 0.05) is 13.1 Å². The fourth-order valence-corrected chi connectivity index (χ4v) is 6.18. The lowest BCUT2D eigenvalue weighted by molar-refractivity contribution is -0.125. The van der Waals surface area contributed by atoms with E-state index >= 15 is 0 Å². The van der Waals surface area contributed by atoms with Crippen molar-refractivity contribution in [2.75, 3.05) is 18.8 Å². The van der Waals surface area contributed by atoms with Gasteiger partial charge in [0.1, 0.15) is 29.3 Å². The van der Waals surface area contributed by atoms with E-state index in [0.717, 1.165) is 56.6 Å². The van der Waals surface area contributed by atoms with Crippen molar-refractivity contribution in [3.8, 4) is 22.9 Å². The van der Waals surface area contributed by atoms with Crippen molar-refractivity contribution in [1.29, 1.82) is 0 Å². The number of pyridine rings is 1. The number of amides is 1. The third-order valence-corrected chi connectivity index (χ3v) is 8.39. The summed E-state index contributed by atoms with van der Waals surface area (Å²) in [7, 11) is 0. The maximum absolute atomic E-state index is 12.8. The lowest BCUT2D eigenvalue weighted by atomic mass is 9.65. The lowest BCUT2D eigenvalue weighted by Gasteiger charge is -2.45. The molecule has 2 fully saturated rings. The molecule has 41 heavy (non-hydrogen) atoms. The van der Waals surface area contributed by atoms with Crippen molar-refractivity contribution < 1.29 is 9.53 Å². The second-order valence-electron chi connectivity index (χ2n) is 11.4. The normalized spacial score (nSPS) is 20.2. The summed E-state index contributed by atoms with van der Waals surface area (Å²) in [4.78, 5) is 28.2. The number of allylic oxidation sites excluding steroid dienone is 1. The number of nitrogens with zero attached hydrogens (tertiary/aromatic N) is 6. The number of fused-ring (bicyclic) bond motifs is 1. The fourth-order valence-electron chi connectivity index (χ4n) is 6.18. The van der Waals surface area contributed by atoms with Gasteiger partial charge >= 0.3 is 0 Å². The van der Waals surface area contributed by atoms with E-state index in [1.807, 2.05) is 58.1 Å². The highest BCUT2D eigenvalue weighted by Gasteiger charge is 2.50. The maximum atomic E-state index is 12.8. The second-order valence-corrected chi connectivity index (χ2v) is 11.4. The lowest BCUT2D eigenvalue weighted by Crippen LogP contribution is -2.42. The largest absolute Gasteiger partial charge is 0.456 e. The number of aromatic nitrogens is 5. The molecule has 6 rings (SSSR count). The van der Waals surface area contributed by atoms with Crippen LogP contribution in [-0.2, 0) is 4.79 Å². The van der Waals surface area contributed by atoms with Crippen LogP contribution in [0.1, 0.15) is 64.3 Å². The monoisotopic (exact) mass is 551 g/mol. The Labute approximate surface area is 240 Å². The zero-order valence-electron chi connectivity index (χ0n) is 23.6. The predicted octanol–water partition coefficient (Wildman–Crippen LogP) is 6.34. The number of hydrogen-bond acceptors (Lipinski definition) is 7. The number of ether oxygens (including phenoxy) is 1. The third-order valence-electron chi connectivity index (χ3n) is 8.39. The number of nitrogen functional groups attached to an aromatic ring is 1. The summed E-state index contributed by atoms with van der Waals surface area (Å²) in [6, 6.07) is 13.6. The molecular formula is C32H37N7O2. The Hall–Kier alpha value is -4.27. The molecule has 212 valence electrons. The molecule has 0 unspecified atom stereocenters. The van der Waals surface area contributed by atoms with E-state index in [0.29, 0.717) is 28.3 Å². The van der Waals surface area contributed by atoms with Crippen molar-refractivity contribution in [2.45, 2.75) is 64.3 Å². The molecule has 1 amide bonds. The molecule has 1 saturated heterocycles. The summed E-state index contributed by atoms with van der Waals surface area (Å²) in [6.07, 6.45) is 15.8. The zero-order chi connectivity index (χ0) is 28.2. The number of carbonyl (C=O) groups is 1. The number of nitrogens with two attached hydrogens (primary N) is 1. The van der Waals surface area contributed by atoms with Gasteiger partial charge in [0.2, 0.25) is 5.91 Å². The highest BCUT2D eigenvalue weighted by Crippen LogP contribution is 2.54. The molecule has 1 spiro atoms. The van der Waals surface area contributed by atoms with Gasteiger partial charge in [-0.15, -0.1) is 0 Å². The first-order chi connectivity index (χ1) is 20.0. The van der Waals surface area contributed by atoms with Crippen molar-refractivity contribution in [2.24, 2.45) is 5.41 Å². The van der Waals surface area contributed by atoms with Gasteiger partial charge in [-0.1, -0.05) is 50.5 Å². The van der Waals surface area contributed by atoms with E-state index in [2.05, 4.69) is 21.9 Å². The van der Waals surface area contributed by atoms with Crippen LogP contribution in [-0.4, -0.2) is 48.6 Å². The van der Waals surface area contributed by atoms with Crippen LogP contribution in [0.15, 0.2) is 67.1 Å². The summed E-state index contributed by atoms with van der Waals surface area (Å²) in [5.41, 5.74) is 8.54. The van der Waals surface area contributed by atoms with Crippen LogP contribution < -0.4 is 10.5 Å². The molecule has 1 aliphatic heterocycles. The minimum Gasteiger partial charge on any atom is -0.456 e. The Kier molecular flexibility index (Phi) is 7.67. The van der Waals surface area contributed by atoms with Gasteiger partial charge in [0.05, 0.1) is 23.3 Å². The van der Waals surface area contributed by atoms with Crippen molar-refractivity contribution in [3.63, 3.8) is 0 Å². The van der Waals surface area contributed by atoms with E-state index in [1.54, 1.807) is 12.3 Å². The summed E-state index contributed by atoms with van der Waals surface area (Å²) < 4.78 is 7.89.